The van der Waals surface area contributed by atoms with E-state index in [4.69, 9.17) is 4.74 Å². The highest BCUT2D eigenvalue weighted by Gasteiger charge is 2.56. The van der Waals surface area contributed by atoms with Gasteiger partial charge in [-0.05, 0) is 25.8 Å². The SMILES string of the molecule is CCOC(=O)CC1=C(C(=O)O)N2C(=O)[C@H]([C@@H](C)O)[C@H]2C1. The molecule has 0 aromatic carbocycles. The Morgan fingerprint density at radius 3 is 2.65 bits per heavy atom. The van der Waals surface area contributed by atoms with Gasteiger partial charge < -0.3 is 19.8 Å². The zero-order chi connectivity index (χ0) is 15.0. The van der Waals surface area contributed by atoms with Crippen molar-refractivity contribution >= 4 is 17.8 Å². The number of aliphatic hydroxyl groups excluding tert-OH is 1. The number of aliphatic hydroxyl groups is 1. The summed E-state index contributed by atoms with van der Waals surface area (Å²) in [6, 6.07) is -0.363. The van der Waals surface area contributed by atoms with Crippen LogP contribution in [0, 0.1) is 5.92 Å². The average molecular weight is 283 g/mol. The highest BCUT2D eigenvalue weighted by molar-refractivity contribution is 6.00. The molecule has 110 valence electrons. The molecule has 7 nitrogen and oxygen atoms in total. The van der Waals surface area contributed by atoms with Gasteiger partial charge in [-0.2, -0.15) is 0 Å². The number of hydrogen-bond acceptors (Lipinski definition) is 5. The lowest BCUT2D eigenvalue weighted by Gasteiger charge is -2.44. The van der Waals surface area contributed by atoms with E-state index in [1.165, 1.54) is 11.8 Å². The number of β-lactam (4-membered cyclic amide) rings is 1. The van der Waals surface area contributed by atoms with Crippen LogP contribution in [0.5, 0.6) is 0 Å². The first-order valence-electron chi connectivity index (χ1n) is 6.50. The van der Waals surface area contributed by atoms with Gasteiger partial charge in [-0.25, -0.2) is 4.79 Å². The summed E-state index contributed by atoms with van der Waals surface area (Å²) < 4.78 is 4.81. The largest absolute Gasteiger partial charge is 0.477 e. The fourth-order valence-electron chi connectivity index (χ4n) is 2.91. The topological polar surface area (TPSA) is 104 Å². The maximum absolute atomic E-state index is 11.9. The van der Waals surface area contributed by atoms with Crippen molar-refractivity contribution in [2.45, 2.75) is 38.8 Å². The fraction of sp³-hybridized carbons (Fsp3) is 0.615. The van der Waals surface area contributed by atoms with Crippen molar-refractivity contribution in [1.29, 1.82) is 0 Å². The zero-order valence-corrected chi connectivity index (χ0v) is 11.3. The number of nitrogens with zero attached hydrogens (tertiary/aromatic N) is 1. The van der Waals surface area contributed by atoms with Gasteiger partial charge in [-0.1, -0.05) is 0 Å². The van der Waals surface area contributed by atoms with Gasteiger partial charge in [-0.15, -0.1) is 0 Å². The van der Waals surface area contributed by atoms with Gasteiger partial charge >= 0.3 is 11.9 Å². The van der Waals surface area contributed by atoms with Crippen LogP contribution in [0.4, 0.5) is 0 Å². The lowest BCUT2D eigenvalue weighted by Crippen LogP contribution is -2.61. The third-order valence-corrected chi connectivity index (χ3v) is 3.69. The molecule has 20 heavy (non-hydrogen) atoms. The van der Waals surface area contributed by atoms with E-state index in [1.807, 2.05) is 0 Å². The number of aliphatic carboxylic acids is 1. The van der Waals surface area contributed by atoms with Gasteiger partial charge in [0, 0.05) is 0 Å². The first-order valence-corrected chi connectivity index (χ1v) is 6.50. The van der Waals surface area contributed by atoms with Crippen molar-refractivity contribution in [3.05, 3.63) is 11.3 Å². The summed E-state index contributed by atoms with van der Waals surface area (Å²) in [6.45, 7) is 3.39. The molecular formula is C13H17NO6. The van der Waals surface area contributed by atoms with E-state index in [0.717, 1.165) is 0 Å². The third-order valence-electron chi connectivity index (χ3n) is 3.69. The number of carbonyl (C=O) groups excluding carboxylic acids is 2. The number of carboxylic acids is 1. The summed E-state index contributed by atoms with van der Waals surface area (Å²) in [5.41, 5.74) is 0.252. The Morgan fingerprint density at radius 2 is 2.15 bits per heavy atom. The van der Waals surface area contributed by atoms with E-state index in [2.05, 4.69) is 0 Å². The van der Waals surface area contributed by atoms with E-state index in [0.29, 0.717) is 12.0 Å². The van der Waals surface area contributed by atoms with Crippen LogP contribution in [0.1, 0.15) is 26.7 Å². The van der Waals surface area contributed by atoms with Crippen LogP contribution >= 0.6 is 0 Å². The second-order valence-corrected chi connectivity index (χ2v) is 4.99. The second kappa shape index (κ2) is 5.24. The van der Waals surface area contributed by atoms with Crippen molar-refractivity contribution < 1.29 is 29.3 Å². The molecule has 7 heteroatoms. The summed E-state index contributed by atoms with van der Waals surface area (Å²) in [4.78, 5) is 35.9. The Bertz CT molecular complexity index is 495. The zero-order valence-electron chi connectivity index (χ0n) is 11.3. The van der Waals surface area contributed by atoms with E-state index in [-0.39, 0.29) is 24.8 Å². The minimum absolute atomic E-state index is 0.134. The maximum Gasteiger partial charge on any atom is 0.352 e. The molecule has 0 spiro atoms. The molecule has 0 radical (unpaired) electrons. The summed E-state index contributed by atoms with van der Waals surface area (Å²) in [7, 11) is 0. The Hall–Kier alpha value is -1.89. The molecule has 0 aromatic heterocycles. The Balaban J connectivity index is 2.21. The van der Waals surface area contributed by atoms with Crippen molar-refractivity contribution in [3.63, 3.8) is 0 Å². The Morgan fingerprint density at radius 1 is 1.50 bits per heavy atom. The van der Waals surface area contributed by atoms with Crippen molar-refractivity contribution in [3.8, 4) is 0 Å². The smallest absolute Gasteiger partial charge is 0.352 e. The predicted molar refractivity (Wildman–Crippen MR) is 66.3 cm³/mol. The summed E-state index contributed by atoms with van der Waals surface area (Å²) in [5.74, 6) is -2.74. The van der Waals surface area contributed by atoms with Crippen molar-refractivity contribution in [1.82, 2.24) is 4.90 Å². The standard InChI is InChI=1S/C13H17NO6/c1-3-20-9(16)5-7-4-8-10(6(2)15)12(17)14(8)11(7)13(18)19/h6,8,10,15H,3-5H2,1-2H3,(H,18,19)/t6-,8-,10-/m1/s1. The lowest BCUT2D eigenvalue weighted by atomic mass is 9.83. The third kappa shape index (κ3) is 2.18. The molecule has 2 aliphatic rings. The van der Waals surface area contributed by atoms with Gasteiger partial charge in [0.05, 0.1) is 31.1 Å². The number of fused-ring (bicyclic) bond motifs is 1. The van der Waals surface area contributed by atoms with Crippen LogP contribution in [-0.4, -0.2) is 51.7 Å². The fourth-order valence-corrected chi connectivity index (χ4v) is 2.91. The number of carboxylic acid groups (broad SMARTS) is 1. The predicted octanol–water partition coefficient (Wildman–Crippen LogP) is -0.110. The first-order chi connectivity index (χ1) is 9.38. The summed E-state index contributed by atoms with van der Waals surface area (Å²) in [6.07, 6.45) is -0.676. The molecule has 1 amide bonds. The molecule has 0 saturated carbocycles. The molecule has 2 aliphatic heterocycles. The number of hydrogen-bond donors (Lipinski definition) is 2. The van der Waals surface area contributed by atoms with Crippen LogP contribution in [0.2, 0.25) is 0 Å². The molecule has 2 N–H and O–H groups in total. The number of esters is 1. The van der Waals surface area contributed by atoms with Crippen LogP contribution in [0.15, 0.2) is 11.3 Å². The summed E-state index contributed by atoms with van der Waals surface area (Å²) in [5, 5.41) is 18.8. The minimum Gasteiger partial charge on any atom is -0.477 e. The van der Waals surface area contributed by atoms with Gasteiger partial charge in [0.25, 0.3) is 0 Å². The molecular weight excluding hydrogens is 266 g/mol. The molecule has 3 atom stereocenters. The van der Waals surface area contributed by atoms with E-state index >= 15 is 0 Å². The minimum atomic E-state index is -1.23. The van der Waals surface area contributed by atoms with Crippen molar-refractivity contribution in [2.75, 3.05) is 6.61 Å². The molecule has 1 saturated heterocycles. The summed E-state index contributed by atoms with van der Waals surface area (Å²) >= 11 is 0. The molecule has 2 rings (SSSR count). The molecule has 0 aliphatic carbocycles. The van der Waals surface area contributed by atoms with Crippen LogP contribution < -0.4 is 0 Å². The number of amides is 1. The Kier molecular flexibility index (Phi) is 3.80. The van der Waals surface area contributed by atoms with Gasteiger partial charge in [-0.3, -0.25) is 9.59 Å². The monoisotopic (exact) mass is 283 g/mol. The molecule has 0 aromatic rings. The molecule has 1 fully saturated rings. The van der Waals surface area contributed by atoms with Gasteiger partial charge in [0.15, 0.2) is 0 Å². The highest BCUT2D eigenvalue weighted by Crippen LogP contribution is 2.44. The maximum atomic E-state index is 11.9. The molecule has 0 unspecified atom stereocenters. The Labute approximate surface area is 115 Å². The number of carbonyl (C=O) groups is 3. The van der Waals surface area contributed by atoms with Crippen LogP contribution in [0.3, 0.4) is 0 Å². The van der Waals surface area contributed by atoms with Crippen molar-refractivity contribution in [2.24, 2.45) is 5.92 Å². The molecule has 0 bridgehead atoms. The van der Waals surface area contributed by atoms with E-state index in [9.17, 15) is 24.6 Å². The first kappa shape index (κ1) is 14.5. The number of rotatable bonds is 5. The van der Waals surface area contributed by atoms with E-state index < -0.39 is 29.9 Å². The second-order valence-electron chi connectivity index (χ2n) is 4.99. The molecule has 2 heterocycles. The van der Waals surface area contributed by atoms with Gasteiger partial charge in [0.2, 0.25) is 5.91 Å². The normalized spacial score (nSPS) is 26.1. The lowest BCUT2D eigenvalue weighted by molar-refractivity contribution is -0.161. The van der Waals surface area contributed by atoms with E-state index in [1.54, 1.807) is 6.92 Å². The van der Waals surface area contributed by atoms with Crippen LogP contribution in [-0.2, 0) is 19.1 Å². The quantitative estimate of drug-likeness (QED) is 0.539. The number of ether oxygens (including phenoxy) is 1. The average Bonchev–Trinajstić information content (AvgIpc) is 2.63. The van der Waals surface area contributed by atoms with Gasteiger partial charge in [0.1, 0.15) is 5.70 Å². The highest BCUT2D eigenvalue weighted by atomic mass is 16.5. The van der Waals surface area contributed by atoms with Crippen LogP contribution in [0.25, 0.3) is 0 Å².